The summed E-state index contributed by atoms with van der Waals surface area (Å²) in [5.41, 5.74) is 7.15. The Morgan fingerprint density at radius 3 is 2.35 bits per heavy atom. The molecule has 1 aliphatic heterocycles. The maximum Gasteiger partial charge on any atom is 0.336 e. The smallest absolute Gasteiger partial charge is 0.336 e. The molecule has 0 aromatic heterocycles. The van der Waals surface area contributed by atoms with Crippen LogP contribution >= 0.6 is 11.6 Å². The molecule has 3 rings (SSSR count). The quantitative estimate of drug-likeness (QED) is 0.480. The average molecular weight is 369 g/mol. The van der Waals surface area contributed by atoms with Crippen molar-refractivity contribution < 1.29 is 9.59 Å². The molecule has 0 saturated carbocycles. The number of amides is 3. The second kappa shape index (κ2) is 6.04. The first-order valence-corrected chi connectivity index (χ1v) is 8.28. The lowest BCUT2D eigenvalue weighted by molar-refractivity contribution is -0.120. The van der Waals surface area contributed by atoms with Crippen LogP contribution in [0.4, 0.5) is 27.5 Å². The van der Waals surface area contributed by atoms with Crippen molar-refractivity contribution in [2.75, 3.05) is 15.5 Å². The highest BCUT2D eigenvalue weighted by Gasteiger charge is 2.52. The molecule has 3 amide bonds. The molecule has 2 aromatic carbocycles. The number of hydrogen-bond acceptors (Lipinski definition) is 3. The van der Waals surface area contributed by atoms with Gasteiger partial charge in [0.25, 0.3) is 5.91 Å². The van der Waals surface area contributed by atoms with Gasteiger partial charge in [0.05, 0.1) is 23.0 Å². The zero-order valence-corrected chi connectivity index (χ0v) is 15.3. The van der Waals surface area contributed by atoms with Gasteiger partial charge in [0.1, 0.15) is 5.54 Å². The van der Waals surface area contributed by atoms with E-state index in [1.165, 1.54) is 4.90 Å². The number of urea groups is 1. The lowest BCUT2D eigenvalue weighted by Crippen LogP contribution is -2.44. The Hall–Kier alpha value is -3.04. The van der Waals surface area contributed by atoms with Crippen molar-refractivity contribution in [3.63, 3.8) is 0 Å². The number of imide groups is 1. The van der Waals surface area contributed by atoms with Gasteiger partial charge in [-0.2, -0.15) is 0 Å². The molecule has 0 aliphatic carbocycles. The van der Waals surface area contributed by atoms with E-state index in [4.69, 9.17) is 23.9 Å². The number of carbonyl (C=O) groups is 2. The second-order valence-electron chi connectivity index (χ2n) is 6.61. The highest BCUT2D eigenvalue weighted by molar-refractivity contribution is 6.34. The molecule has 0 radical (unpaired) electrons. The Labute approximate surface area is 156 Å². The SMILES string of the molecule is [C-]#[N+]c1ccc(N2C(=O)N(c3ccc(N)c(Cl)c3)C(C)(C)C2=O)cc1C. The van der Waals surface area contributed by atoms with E-state index in [2.05, 4.69) is 4.85 Å². The van der Waals surface area contributed by atoms with Crippen LogP contribution in [0.5, 0.6) is 0 Å². The number of anilines is 3. The van der Waals surface area contributed by atoms with Crippen molar-refractivity contribution in [3.05, 3.63) is 58.4 Å². The van der Waals surface area contributed by atoms with Gasteiger partial charge in [-0.05, 0) is 56.7 Å². The molecule has 0 bridgehead atoms. The van der Waals surface area contributed by atoms with Crippen molar-refractivity contribution in [1.82, 2.24) is 0 Å². The van der Waals surface area contributed by atoms with E-state index < -0.39 is 11.6 Å². The molecule has 0 unspecified atom stereocenters. The first kappa shape index (κ1) is 17.8. The van der Waals surface area contributed by atoms with Gasteiger partial charge < -0.3 is 5.73 Å². The van der Waals surface area contributed by atoms with Crippen LogP contribution in [0.25, 0.3) is 4.85 Å². The Kier molecular flexibility index (Phi) is 4.13. The molecule has 2 N–H and O–H groups in total. The fourth-order valence-electron chi connectivity index (χ4n) is 3.02. The monoisotopic (exact) mass is 368 g/mol. The molecular weight excluding hydrogens is 352 g/mol. The number of carbonyl (C=O) groups excluding carboxylic acids is 2. The van der Waals surface area contributed by atoms with Gasteiger partial charge in [-0.3, -0.25) is 9.69 Å². The van der Waals surface area contributed by atoms with Crippen LogP contribution in [-0.2, 0) is 4.79 Å². The largest absolute Gasteiger partial charge is 0.398 e. The summed E-state index contributed by atoms with van der Waals surface area (Å²) in [6.07, 6.45) is 0. The minimum atomic E-state index is -1.09. The summed E-state index contributed by atoms with van der Waals surface area (Å²) in [6.45, 7) is 12.3. The lowest BCUT2D eigenvalue weighted by atomic mass is 10.0. The molecular formula is C19H17ClN4O2. The lowest BCUT2D eigenvalue weighted by Gasteiger charge is -2.28. The number of aryl methyl sites for hydroxylation is 1. The molecule has 2 aromatic rings. The zero-order chi connectivity index (χ0) is 19.2. The highest BCUT2D eigenvalue weighted by Crippen LogP contribution is 2.38. The molecule has 7 heteroatoms. The molecule has 1 aliphatic rings. The first-order chi connectivity index (χ1) is 12.2. The normalized spacial score (nSPS) is 16.1. The van der Waals surface area contributed by atoms with Gasteiger partial charge in [0, 0.05) is 5.69 Å². The predicted molar refractivity (Wildman–Crippen MR) is 103 cm³/mol. The number of nitrogen functional groups attached to an aromatic ring is 1. The van der Waals surface area contributed by atoms with Crippen LogP contribution < -0.4 is 15.5 Å². The van der Waals surface area contributed by atoms with Gasteiger partial charge in [-0.25, -0.2) is 14.5 Å². The molecule has 0 spiro atoms. The Morgan fingerprint density at radius 2 is 1.77 bits per heavy atom. The minimum Gasteiger partial charge on any atom is -0.398 e. The van der Waals surface area contributed by atoms with E-state index in [9.17, 15) is 9.59 Å². The summed E-state index contributed by atoms with van der Waals surface area (Å²) >= 11 is 6.09. The summed E-state index contributed by atoms with van der Waals surface area (Å²) < 4.78 is 0. The van der Waals surface area contributed by atoms with E-state index in [-0.39, 0.29) is 5.91 Å². The highest BCUT2D eigenvalue weighted by atomic mass is 35.5. The summed E-state index contributed by atoms with van der Waals surface area (Å²) in [4.78, 5) is 32.0. The van der Waals surface area contributed by atoms with Crippen LogP contribution in [0.1, 0.15) is 19.4 Å². The van der Waals surface area contributed by atoms with Crippen LogP contribution in [0.2, 0.25) is 5.02 Å². The molecule has 1 saturated heterocycles. The van der Waals surface area contributed by atoms with Gasteiger partial charge >= 0.3 is 6.03 Å². The van der Waals surface area contributed by atoms with E-state index in [0.29, 0.717) is 33.3 Å². The number of halogens is 1. The molecule has 0 atom stereocenters. The van der Waals surface area contributed by atoms with Crippen LogP contribution in [0, 0.1) is 13.5 Å². The van der Waals surface area contributed by atoms with Crippen molar-refractivity contribution in [3.8, 4) is 0 Å². The fourth-order valence-corrected chi connectivity index (χ4v) is 3.19. The van der Waals surface area contributed by atoms with Gasteiger partial charge in [0.15, 0.2) is 5.69 Å². The fraction of sp³-hybridized carbons (Fsp3) is 0.211. The number of nitrogens with two attached hydrogens (primary N) is 1. The Balaban J connectivity index is 2.09. The summed E-state index contributed by atoms with van der Waals surface area (Å²) in [7, 11) is 0. The predicted octanol–water partition coefficient (Wildman–Crippen LogP) is 4.53. The van der Waals surface area contributed by atoms with Gasteiger partial charge in [-0.1, -0.05) is 17.7 Å². The van der Waals surface area contributed by atoms with Crippen molar-refractivity contribution in [2.45, 2.75) is 26.3 Å². The van der Waals surface area contributed by atoms with Crippen molar-refractivity contribution in [2.24, 2.45) is 0 Å². The molecule has 132 valence electrons. The zero-order valence-electron chi connectivity index (χ0n) is 14.6. The molecule has 6 nitrogen and oxygen atoms in total. The summed E-state index contributed by atoms with van der Waals surface area (Å²) in [6, 6.07) is 9.23. The third-order valence-electron chi connectivity index (χ3n) is 4.47. The molecule has 1 heterocycles. The average Bonchev–Trinajstić information content (AvgIpc) is 2.75. The number of rotatable bonds is 2. The van der Waals surface area contributed by atoms with Crippen LogP contribution in [-0.4, -0.2) is 17.5 Å². The summed E-state index contributed by atoms with van der Waals surface area (Å²) in [5.74, 6) is -0.356. The summed E-state index contributed by atoms with van der Waals surface area (Å²) in [5, 5.41) is 0.314. The van der Waals surface area contributed by atoms with E-state index >= 15 is 0 Å². The minimum absolute atomic E-state index is 0.314. The molecule has 1 fully saturated rings. The van der Waals surface area contributed by atoms with Crippen molar-refractivity contribution >= 4 is 46.3 Å². The van der Waals surface area contributed by atoms with E-state index in [1.807, 2.05) is 0 Å². The van der Waals surface area contributed by atoms with Gasteiger partial charge in [0.2, 0.25) is 0 Å². The van der Waals surface area contributed by atoms with E-state index in [0.717, 1.165) is 4.90 Å². The van der Waals surface area contributed by atoms with Gasteiger partial charge in [-0.15, -0.1) is 0 Å². The van der Waals surface area contributed by atoms with Crippen molar-refractivity contribution in [1.29, 1.82) is 0 Å². The topological polar surface area (TPSA) is 71.0 Å². The van der Waals surface area contributed by atoms with E-state index in [1.54, 1.807) is 57.2 Å². The number of benzene rings is 2. The maximum atomic E-state index is 13.1. The third-order valence-corrected chi connectivity index (χ3v) is 4.80. The second-order valence-corrected chi connectivity index (χ2v) is 7.01. The number of nitrogens with zero attached hydrogens (tertiary/aromatic N) is 3. The molecule has 26 heavy (non-hydrogen) atoms. The standard InChI is InChI=1S/C19H17ClN4O2/c1-11-9-12(6-8-16(11)22-4)23-17(25)19(2,3)24(18(23)26)13-5-7-15(21)14(20)10-13/h5-10H,21H2,1-3H3. The van der Waals surface area contributed by atoms with Crippen LogP contribution in [0.15, 0.2) is 36.4 Å². The Bertz CT molecular complexity index is 978. The third kappa shape index (κ3) is 2.57. The number of hydrogen-bond donors (Lipinski definition) is 1. The first-order valence-electron chi connectivity index (χ1n) is 7.90. The Morgan fingerprint density at radius 1 is 1.12 bits per heavy atom. The van der Waals surface area contributed by atoms with Crippen LogP contribution in [0.3, 0.4) is 0 Å². The maximum absolute atomic E-state index is 13.1.